The summed E-state index contributed by atoms with van der Waals surface area (Å²) < 4.78 is 67.1. The number of aromatic nitrogens is 1. The largest absolute Gasteiger partial charge is 0.489 e. The zero-order chi connectivity index (χ0) is 27.1. The first-order valence-corrected chi connectivity index (χ1v) is 10.9. The summed E-state index contributed by atoms with van der Waals surface area (Å²) in [6, 6.07) is 5.68. The average Bonchev–Trinajstić information content (AvgIpc) is 3.13. The number of amides is 2. The zero-order valence-electron chi connectivity index (χ0n) is 20.3. The van der Waals surface area contributed by atoms with E-state index in [0.29, 0.717) is 0 Å². The summed E-state index contributed by atoms with van der Waals surface area (Å²) in [7, 11) is 1.37. The summed E-state index contributed by atoms with van der Waals surface area (Å²) in [5.41, 5.74) is -6.85. The van der Waals surface area contributed by atoms with Gasteiger partial charge < -0.3 is 25.2 Å². The number of benzene rings is 1. The van der Waals surface area contributed by atoms with E-state index in [0.717, 1.165) is 18.2 Å². The molecular weight excluding hydrogens is 486 g/mol. The third-order valence-electron chi connectivity index (χ3n) is 5.70. The molecule has 2 amide bonds. The first-order chi connectivity index (χ1) is 16.5. The molecule has 2 atom stereocenters. The third-order valence-corrected chi connectivity index (χ3v) is 5.70. The number of fused-ring (bicyclic) bond motifs is 1. The molecule has 3 N–H and O–H groups in total. The van der Waals surface area contributed by atoms with E-state index in [-0.39, 0.29) is 29.2 Å². The SMILES string of the molecule is CNC(=O)[C@@]1(C)COc2c1cc([C@@](O)(CNC(=O)OC(C)(C)C)C(F)(F)F)nc2-c1ccc(F)cc1. The number of hydrogen-bond acceptors (Lipinski definition) is 6. The Kier molecular flexibility index (Phi) is 6.97. The Labute approximate surface area is 205 Å². The van der Waals surface area contributed by atoms with Gasteiger partial charge in [0.15, 0.2) is 0 Å². The van der Waals surface area contributed by atoms with Crippen LogP contribution in [0.25, 0.3) is 11.3 Å². The second-order valence-corrected chi connectivity index (χ2v) is 9.65. The molecule has 0 spiro atoms. The van der Waals surface area contributed by atoms with Crippen LogP contribution in [0.3, 0.4) is 0 Å². The maximum absolute atomic E-state index is 14.3. The Balaban J connectivity index is 2.20. The van der Waals surface area contributed by atoms with Crippen LogP contribution in [0, 0.1) is 5.82 Å². The lowest BCUT2D eigenvalue weighted by Gasteiger charge is -2.32. The van der Waals surface area contributed by atoms with Crippen LogP contribution < -0.4 is 15.4 Å². The van der Waals surface area contributed by atoms with Crippen LogP contribution in [0.5, 0.6) is 5.75 Å². The molecule has 1 aromatic carbocycles. The number of alkyl halides is 3. The van der Waals surface area contributed by atoms with Crippen molar-refractivity contribution in [3.63, 3.8) is 0 Å². The van der Waals surface area contributed by atoms with Gasteiger partial charge in [-0.1, -0.05) is 0 Å². The van der Waals surface area contributed by atoms with Gasteiger partial charge >= 0.3 is 12.3 Å². The van der Waals surface area contributed by atoms with Crippen molar-refractivity contribution < 1.29 is 41.7 Å². The molecule has 1 aliphatic rings. The van der Waals surface area contributed by atoms with Gasteiger partial charge in [-0.15, -0.1) is 0 Å². The normalized spacial score (nSPS) is 19.1. The fourth-order valence-electron chi connectivity index (χ4n) is 3.71. The number of alkyl carbamates (subject to hydrolysis) is 1. The highest BCUT2D eigenvalue weighted by Gasteiger charge is 2.58. The maximum Gasteiger partial charge on any atom is 0.424 e. The predicted molar refractivity (Wildman–Crippen MR) is 121 cm³/mol. The van der Waals surface area contributed by atoms with Crippen molar-refractivity contribution >= 4 is 12.0 Å². The smallest absolute Gasteiger partial charge is 0.424 e. The summed E-state index contributed by atoms with van der Waals surface area (Å²) in [6.07, 6.45) is -6.48. The highest BCUT2D eigenvalue weighted by Crippen LogP contribution is 2.47. The Bertz CT molecular complexity index is 1160. The summed E-state index contributed by atoms with van der Waals surface area (Å²) in [6.45, 7) is 4.53. The van der Waals surface area contributed by atoms with Gasteiger partial charge in [-0.2, -0.15) is 13.2 Å². The lowest BCUT2D eigenvalue weighted by atomic mass is 9.81. The van der Waals surface area contributed by atoms with Gasteiger partial charge in [0, 0.05) is 18.2 Å². The minimum Gasteiger partial charge on any atom is -0.489 e. The fraction of sp³-hybridized carbons (Fsp3) is 0.458. The minimum atomic E-state index is -5.30. The highest BCUT2D eigenvalue weighted by molar-refractivity contribution is 5.91. The van der Waals surface area contributed by atoms with Gasteiger partial charge in [0.05, 0.1) is 12.2 Å². The highest BCUT2D eigenvalue weighted by atomic mass is 19.4. The molecule has 36 heavy (non-hydrogen) atoms. The van der Waals surface area contributed by atoms with Crippen molar-refractivity contribution in [3.8, 4) is 17.0 Å². The summed E-state index contributed by atoms with van der Waals surface area (Å²) in [5, 5.41) is 15.3. The monoisotopic (exact) mass is 513 g/mol. The summed E-state index contributed by atoms with van der Waals surface area (Å²) in [5.74, 6) is -1.09. The first kappa shape index (κ1) is 27.2. The van der Waals surface area contributed by atoms with Crippen molar-refractivity contribution in [2.75, 3.05) is 20.2 Å². The molecule has 2 aromatic rings. The van der Waals surface area contributed by atoms with Gasteiger partial charge in [-0.3, -0.25) is 4.79 Å². The molecule has 196 valence electrons. The van der Waals surface area contributed by atoms with Crippen molar-refractivity contribution in [1.82, 2.24) is 15.6 Å². The molecule has 0 bridgehead atoms. The van der Waals surface area contributed by atoms with Crippen molar-refractivity contribution in [2.45, 2.75) is 50.5 Å². The molecule has 0 radical (unpaired) electrons. The molecule has 0 saturated heterocycles. The predicted octanol–water partition coefficient (Wildman–Crippen LogP) is 3.56. The Morgan fingerprint density at radius 1 is 1.19 bits per heavy atom. The van der Waals surface area contributed by atoms with E-state index in [4.69, 9.17) is 9.47 Å². The van der Waals surface area contributed by atoms with Gasteiger partial charge in [0.1, 0.15) is 34.9 Å². The molecule has 0 unspecified atom stereocenters. The lowest BCUT2D eigenvalue weighted by Crippen LogP contribution is -2.52. The quantitative estimate of drug-likeness (QED) is 0.528. The van der Waals surface area contributed by atoms with Gasteiger partial charge in [-0.05, 0) is 58.0 Å². The van der Waals surface area contributed by atoms with Crippen molar-refractivity contribution in [2.24, 2.45) is 0 Å². The number of ether oxygens (including phenoxy) is 2. The van der Waals surface area contributed by atoms with Crippen LogP contribution >= 0.6 is 0 Å². The van der Waals surface area contributed by atoms with E-state index >= 15 is 0 Å². The fourth-order valence-corrected chi connectivity index (χ4v) is 3.71. The van der Waals surface area contributed by atoms with Gasteiger partial charge in [0.2, 0.25) is 11.5 Å². The van der Waals surface area contributed by atoms with Gasteiger partial charge in [0.25, 0.3) is 0 Å². The summed E-state index contributed by atoms with van der Waals surface area (Å²) >= 11 is 0. The summed E-state index contributed by atoms with van der Waals surface area (Å²) in [4.78, 5) is 28.8. The Hall–Kier alpha value is -3.41. The Morgan fingerprint density at radius 2 is 1.81 bits per heavy atom. The average molecular weight is 513 g/mol. The number of hydrogen-bond donors (Lipinski definition) is 3. The van der Waals surface area contributed by atoms with Crippen LogP contribution in [0.2, 0.25) is 0 Å². The molecule has 0 aliphatic carbocycles. The Morgan fingerprint density at radius 3 is 2.33 bits per heavy atom. The number of aliphatic hydroxyl groups is 1. The zero-order valence-corrected chi connectivity index (χ0v) is 20.3. The number of pyridine rings is 1. The number of carbonyl (C=O) groups excluding carboxylic acids is 2. The van der Waals surface area contributed by atoms with Crippen LogP contribution in [0.4, 0.5) is 22.4 Å². The number of nitrogens with zero attached hydrogens (tertiary/aromatic N) is 1. The third kappa shape index (κ3) is 5.08. The first-order valence-electron chi connectivity index (χ1n) is 10.9. The van der Waals surface area contributed by atoms with Crippen LogP contribution in [0.1, 0.15) is 39.0 Å². The second kappa shape index (κ2) is 9.23. The molecule has 8 nitrogen and oxygen atoms in total. The number of likely N-dealkylation sites (N-methyl/N-ethyl adjacent to an activating group) is 1. The van der Waals surface area contributed by atoms with Crippen molar-refractivity contribution in [3.05, 3.63) is 47.4 Å². The van der Waals surface area contributed by atoms with Crippen molar-refractivity contribution in [1.29, 1.82) is 0 Å². The van der Waals surface area contributed by atoms with E-state index in [1.54, 1.807) is 0 Å². The molecule has 2 heterocycles. The van der Waals surface area contributed by atoms with E-state index in [1.165, 1.54) is 46.9 Å². The number of nitrogens with one attached hydrogen (secondary N) is 2. The lowest BCUT2D eigenvalue weighted by molar-refractivity contribution is -0.265. The van der Waals surface area contributed by atoms with E-state index in [2.05, 4.69) is 10.3 Å². The second-order valence-electron chi connectivity index (χ2n) is 9.65. The van der Waals surface area contributed by atoms with E-state index < -0.39 is 52.8 Å². The maximum atomic E-state index is 14.3. The molecule has 0 fully saturated rings. The van der Waals surface area contributed by atoms with E-state index in [1.807, 2.05) is 5.32 Å². The topological polar surface area (TPSA) is 110 Å². The molecule has 0 saturated carbocycles. The van der Waals surface area contributed by atoms with Crippen LogP contribution in [0.15, 0.2) is 30.3 Å². The number of halogens is 4. The van der Waals surface area contributed by atoms with Crippen LogP contribution in [-0.4, -0.2) is 54.1 Å². The standard InChI is InChI=1S/C24H27F4N3O5/c1-21(2,3)36-20(33)30-11-23(34,24(26,27)28)16-10-15-18(35-12-22(15,4)19(32)29-5)17(31-16)13-6-8-14(25)9-7-13/h6-10,34H,11-12H2,1-5H3,(H,29,32)(H,30,33)/t22-,23-/m0/s1. The molecular formula is C24H27F4N3O5. The van der Waals surface area contributed by atoms with E-state index in [9.17, 15) is 32.3 Å². The molecule has 1 aliphatic heterocycles. The molecule has 3 rings (SSSR count). The minimum absolute atomic E-state index is 0.0288. The van der Waals surface area contributed by atoms with Crippen LogP contribution in [-0.2, 0) is 20.5 Å². The van der Waals surface area contributed by atoms with Gasteiger partial charge in [-0.25, -0.2) is 14.2 Å². The molecule has 1 aromatic heterocycles. The molecule has 12 heteroatoms. The number of carbonyl (C=O) groups is 2. The number of rotatable bonds is 5.